The molecule has 1 aromatic rings. The highest BCUT2D eigenvalue weighted by Crippen LogP contribution is 2.13. The van der Waals surface area contributed by atoms with Gasteiger partial charge < -0.3 is 21.7 Å². The first-order valence-corrected chi connectivity index (χ1v) is 5.84. The second kappa shape index (κ2) is 8.47. The second-order valence-corrected chi connectivity index (χ2v) is 4.37. The first kappa shape index (κ1) is 15.3. The minimum atomic E-state index is 0. The molecule has 1 aromatic carbocycles. The monoisotopic (exact) mass is 304 g/mol. The number of halogens is 1. The third kappa shape index (κ3) is 6.02. The predicted molar refractivity (Wildman–Crippen MR) is 64.9 cm³/mol. The van der Waals surface area contributed by atoms with Crippen LogP contribution in [0, 0.1) is 0 Å². The van der Waals surface area contributed by atoms with E-state index in [4.69, 9.17) is 15.9 Å². The second-order valence-electron chi connectivity index (χ2n) is 3.20. The molecule has 0 amide bonds. The van der Waals surface area contributed by atoms with Crippen molar-refractivity contribution >= 4 is 16.9 Å². The molecule has 16 heavy (non-hydrogen) atoms. The first-order valence-electron chi connectivity index (χ1n) is 4.86. The number of nitrogens with two attached hydrogens (primary N) is 2. The molecule has 4 N–H and O–H groups in total. The van der Waals surface area contributed by atoms with Crippen molar-refractivity contribution in [1.82, 2.24) is 0 Å². The third-order valence-electron chi connectivity index (χ3n) is 2.04. The van der Waals surface area contributed by atoms with Crippen molar-refractivity contribution in [2.24, 2.45) is 5.73 Å². The van der Waals surface area contributed by atoms with Crippen molar-refractivity contribution in [3.63, 3.8) is 0 Å². The van der Waals surface area contributed by atoms with Gasteiger partial charge in [-0.3, -0.25) is 11.1 Å². The summed E-state index contributed by atoms with van der Waals surface area (Å²) in [6.45, 7) is 0. The molecule has 0 unspecified atom stereocenters. The van der Waals surface area contributed by atoms with Crippen LogP contribution in [0.25, 0.3) is 0 Å². The van der Waals surface area contributed by atoms with E-state index in [9.17, 15) is 0 Å². The van der Waals surface area contributed by atoms with Crippen LogP contribution in [-0.4, -0.2) is 18.0 Å². The highest BCUT2D eigenvalue weighted by atomic mass is 79.9. The summed E-state index contributed by atoms with van der Waals surface area (Å²) in [6.07, 6.45) is 2.12. The van der Waals surface area contributed by atoms with Crippen molar-refractivity contribution < 1.29 is 27.1 Å². The van der Waals surface area contributed by atoms with Crippen LogP contribution in [0.3, 0.4) is 0 Å². The van der Waals surface area contributed by atoms with Gasteiger partial charge in [0.15, 0.2) is 0 Å². The van der Waals surface area contributed by atoms with Crippen molar-refractivity contribution in [3.05, 3.63) is 29.8 Å². The molecule has 1 rings (SSSR count). The summed E-state index contributed by atoms with van der Waals surface area (Å²) < 4.78 is 5.09. The number of rotatable bonds is 5. The summed E-state index contributed by atoms with van der Waals surface area (Å²) >= 11 is 1.51. The van der Waals surface area contributed by atoms with Crippen LogP contribution in [-0.2, 0) is 6.42 Å². The lowest BCUT2D eigenvalue weighted by Crippen LogP contribution is -3.00. The van der Waals surface area contributed by atoms with Gasteiger partial charge in [-0.1, -0.05) is 12.1 Å². The van der Waals surface area contributed by atoms with Crippen LogP contribution in [0.15, 0.2) is 24.3 Å². The van der Waals surface area contributed by atoms with E-state index in [1.54, 1.807) is 7.11 Å². The molecule has 0 aliphatic carbocycles. The van der Waals surface area contributed by atoms with Gasteiger partial charge in [0.25, 0.3) is 5.17 Å². The Hall–Kier alpha value is -0.680. The zero-order valence-electron chi connectivity index (χ0n) is 9.28. The van der Waals surface area contributed by atoms with Gasteiger partial charge in [-0.05, 0) is 42.3 Å². The number of benzene rings is 1. The van der Waals surface area contributed by atoms with E-state index in [1.165, 1.54) is 17.3 Å². The Morgan fingerprint density at radius 2 is 2.00 bits per heavy atom. The fourth-order valence-electron chi connectivity index (χ4n) is 1.26. The van der Waals surface area contributed by atoms with E-state index in [2.05, 4.69) is 12.1 Å². The molecule has 0 aliphatic heterocycles. The Balaban J connectivity index is 0.00000225. The van der Waals surface area contributed by atoms with Gasteiger partial charge in [0.05, 0.1) is 7.11 Å². The van der Waals surface area contributed by atoms with Crippen molar-refractivity contribution in [2.45, 2.75) is 12.8 Å². The Kier molecular flexibility index (Phi) is 8.11. The summed E-state index contributed by atoms with van der Waals surface area (Å²) in [5.41, 5.74) is 6.66. The molecule has 0 fully saturated rings. The number of hydrogen-bond acceptors (Lipinski definition) is 2. The van der Waals surface area contributed by atoms with Gasteiger partial charge in [-0.15, -0.1) is 0 Å². The lowest BCUT2D eigenvalue weighted by molar-refractivity contribution is -0.110. The minimum Gasteiger partial charge on any atom is -1.00 e. The third-order valence-corrected chi connectivity index (χ3v) is 2.86. The van der Waals surface area contributed by atoms with Gasteiger partial charge in [0.2, 0.25) is 0 Å². The van der Waals surface area contributed by atoms with Crippen molar-refractivity contribution in [1.29, 1.82) is 0 Å². The zero-order chi connectivity index (χ0) is 11.1. The summed E-state index contributed by atoms with van der Waals surface area (Å²) in [6, 6.07) is 8.12. The van der Waals surface area contributed by atoms with E-state index in [0.29, 0.717) is 5.17 Å². The Morgan fingerprint density at radius 3 is 2.50 bits per heavy atom. The maximum atomic E-state index is 5.35. The molecular formula is C11H17BrN2OS. The molecule has 0 radical (unpaired) electrons. The molecular weight excluding hydrogens is 288 g/mol. The van der Waals surface area contributed by atoms with Crippen molar-refractivity contribution in [3.8, 4) is 5.75 Å². The van der Waals surface area contributed by atoms with E-state index in [1.807, 2.05) is 12.1 Å². The Morgan fingerprint density at radius 1 is 1.38 bits per heavy atom. The fourth-order valence-corrected chi connectivity index (χ4v) is 1.78. The maximum absolute atomic E-state index is 5.35. The van der Waals surface area contributed by atoms with Crippen molar-refractivity contribution in [2.75, 3.05) is 12.9 Å². The highest BCUT2D eigenvalue weighted by Gasteiger charge is 1.98. The normalized spacial score (nSPS) is 9.31. The molecule has 0 saturated carbocycles. The molecule has 0 spiro atoms. The molecule has 3 nitrogen and oxygen atoms in total. The van der Waals surface area contributed by atoms with Crippen LogP contribution >= 0.6 is 11.8 Å². The minimum absolute atomic E-state index is 0. The van der Waals surface area contributed by atoms with Gasteiger partial charge >= 0.3 is 0 Å². The van der Waals surface area contributed by atoms with Crippen LogP contribution < -0.4 is 32.9 Å². The smallest absolute Gasteiger partial charge is 0.299 e. The predicted octanol–water partition coefficient (Wildman–Crippen LogP) is -2.56. The molecule has 0 bridgehead atoms. The summed E-state index contributed by atoms with van der Waals surface area (Å²) in [5.74, 6) is 1.86. The van der Waals surface area contributed by atoms with Gasteiger partial charge in [-0.2, -0.15) is 0 Å². The van der Waals surface area contributed by atoms with Crippen LogP contribution in [0.2, 0.25) is 0 Å². The van der Waals surface area contributed by atoms with E-state index in [-0.39, 0.29) is 17.0 Å². The summed E-state index contributed by atoms with van der Waals surface area (Å²) in [4.78, 5) is 0. The standard InChI is InChI=1S/C11H16N2OS.BrH/c1-14-10-6-4-9(5-7-10)3-2-8-15-11(12)13;/h4-7H,2-3,8H2,1H3,(H3,12,13);1H. The molecule has 90 valence electrons. The summed E-state index contributed by atoms with van der Waals surface area (Å²) in [5, 5.41) is 5.80. The van der Waals surface area contributed by atoms with Gasteiger partial charge in [0, 0.05) is 5.75 Å². The maximum Gasteiger partial charge on any atom is 0.299 e. The average Bonchev–Trinajstić information content (AvgIpc) is 2.25. The highest BCUT2D eigenvalue weighted by molar-refractivity contribution is 8.13. The number of aryl methyl sites for hydroxylation is 1. The number of thioether (sulfide) groups is 1. The topological polar surface area (TPSA) is 60.8 Å². The van der Waals surface area contributed by atoms with Crippen LogP contribution in [0.5, 0.6) is 5.75 Å². The molecule has 0 atom stereocenters. The Bertz CT molecular complexity index is 316. The van der Waals surface area contributed by atoms with E-state index >= 15 is 0 Å². The molecule has 0 heterocycles. The number of ether oxygens (including phenoxy) is 1. The summed E-state index contributed by atoms with van der Waals surface area (Å²) in [7, 11) is 1.67. The van der Waals surface area contributed by atoms with E-state index in [0.717, 1.165) is 24.3 Å². The number of amidine groups is 1. The fraction of sp³-hybridized carbons (Fsp3) is 0.364. The first-order chi connectivity index (χ1) is 7.22. The van der Waals surface area contributed by atoms with E-state index < -0.39 is 0 Å². The lowest BCUT2D eigenvalue weighted by atomic mass is 10.1. The molecule has 0 aromatic heterocycles. The molecule has 0 saturated heterocycles. The number of methoxy groups -OCH3 is 1. The van der Waals surface area contributed by atoms with Crippen LogP contribution in [0.4, 0.5) is 0 Å². The number of hydrogen-bond donors (Lipinski definition) is 2. The SMILES string of the molecule is COc1ccc(CCCSC(N)=[NH2+])cc1.[Br-]. The zero-order valence-corrected chi connectivity index (χ0v) is 11.7. The molecule has 5 heteroatoms. The Labute approximate surface area is 111 Å². The lowest BCUT2D eigenvalue weighted by Gasteiger charge is -2.02. The van der Waals surface area contributed by atoms with Gasteiger partial charge in [-0.25, -0.2) is 0 Å². The van der Waals surface area contributed by atoms with Gasteiger partial charge in [0.1, 0.15) is 5.75 Å². The molecule has 0 aliphatic rings. The van der Waals surface area contributed by atoms with Crippen LogP contribution in [0.1, 0.15) is 12.0 Å². The largest absolute Gasteiger partial charge is 1.00 e. The average molecular weight is 305 g/mol. The quantitative estimate of drug-likeness (QED) is 0.357.